The van der Waals surface area contributed by atoms with Crippen LogP contribution in [-0.4, -0.2) is 58.1 Å². The van der Waals surface area contributed by atoms with Crippen molar-refractivity contribution >= 4 is 17.8 Å². The summed E-state index contributed by atoms with van der Waals surface area (Å²) in [6.45, 7) is 2.08. The van der Waals surface area contributed by atoms with Gasteiger partial charge in [0.15, 0.2) is 11.5 Å². The van der Waals surface area contributed by atoms with Gasteiger partial charge in [-0.15, -0.1) is 0 Å². The Morgan fingerprint density at radius 2 is 1.89 bits per heavy atom. The Bertz CT molecular complexity index is 1270. The number of aromatic nitrogens is 1. The van der Waals surface area contributed by atoms with Gasteiger partial charge in [-0.25, -0.2) is 4.79 Å². The van der Waals surface area contributed by atoms with Gasteiger partial charge in [-0.05, 0) is 42.5 Å². The second-order valence-electron chi connectivity index (χ2n) is 9.65. The van der Waals surface area contributed by atoms with Crippen LogP contribution in [0.4, 0.5) is 4.79 Å². The van der Waals surface area contributed by atoms with Gasteiger partial charge >= 0.3 is 6.03 Å². The minimum absolute atomic E-state index is 0.0118. The number of hydrogen-bond acceptors (Lipinski definition) is 6. The number of nitrogens with one attached hydrogen (secondary N) is 1. The fraction of sp³-hybridized carbons (Fsp3) is 0.440. The molecule has 4 aliphatic rings. The van der Waals surface area contributed by atoms with E-state index < -0.39 is 12.1 Å². The van der Waals surface area contributed by atoms with E-state index in [1.54, 1.807) is 30.3 Å². The van der Waals surface area contributed by atoms with E-state index in [1.807, 2.05) is 15.5 Å². The van der Waals surface area contributed by atoms with Crippen LogP contribution in [0.3, 0.4) is 0 Å². The molecule has 2 bridgehead atoms. The van der Waals surface area contributed by atoms with Gasteiger partial charge in [-0.1, -0.05) is 12.1 Å². The Labute approximate surface area is 201 Å². The topological polar surface area (TPSA) is 110 Å². The van der Waals surface area contributed by atoms with Crippen LogP contribution in [0.15, 0.2) is 41.2 Å². The van der Waals surface area contributed by atoms with Crippen LogP contribution in [0.25, 0.3) is 0 Å². The van der Waals surface area contributed by atoms with E-state index in [2.05, 4.69) is 5.32 Å². The number of nitrogens with zero attached hydrogens (tertiary/aromatic N) is 3. The lowest BCUT2D eigenvalue weighted by Crippen LogP contribution is -2.49. The number of hydrogen-bond donors (Lipinski definition) is 1. The molecule has 182 valence electrons. The lowest BCUT2D eigenvalue weighted by molar-refractivity contribution is -0.134. The molecule has 2 fully saturated rings. The average Bonchev–Trinajstić information content (AvgIpc) is 3.42. The number of ether oxygens (including phenoxy) is 2. The Morgan fingerprint density at radius 3 is 2.77 bits per heavy atom. The minimum Gasteiger partial charge on any atom is -0.454 e. The summed E-state index contributed by atoms with van der Waals surface area (Å²) in [7, 11) is 0. The first-order valence-electron chi connectivity index (χ1n) is 11.9. The molecule has 1 aromatic heterocycles. The van der Waals surface area contributed by atoms with Crippen LogP contribution in [0.1, 0.15) is 36.4 Å². The van der Waals surface area contributed by atoms with Crippen molar-refractivity contribution in [2.75, 3.05) is 19.9 Å². The highest BCUT2D eigenvalue weighted by Gasteiger charge is 2.40. The third-order valence-electron chi connectivity index (χ3n) is 7.36. The van der Waals surface area contributed by atoms with Gasteiger partial charge in [-0.3, -0.25) is 19.3 Å². The number of carbonyl (C=O) groups is 3. The number of fused-ring (bicyclic) bond motifs is 5. The summed E-state index contributed by atoms with van der Waals surface area (Å²) in [6.07, 6.45) is 1.40. The molecule has 2 saturated heterocycles. The van der Waals surface area contributed by atoms with Crippen LogP contribution in [0, 0.1) is 5.92 Å². The van der Waals surface area contributed by atoms with Crippen molar-refractivity contribution in [1.29, 1.82) is 0 Å². The quantitative estimate of drug-likeness (QED) is 0.651. The van der Waals surface area contributed by atoms with Crippen LogP contribution >= 0.6 is 0 Å². The number of pyridine rings is 1. The Balaban J connectivity index is 1.06. The Morgan fingerprint density at radius 1 is 1.03 bits per heavy atom. The molecule has 4 aliphatic heterocycles. The highest BCUT2D eigenvalue weighted by atomic mass is 16.7. The third-order valence-corrected chi connectivity index (χ3v) is 7.36. The number of imide groups is 1. The Hall–Kier alpha value is -3.82. The predicted octanol–water partition coefficient (Wildman–Crippen LogP) is 1.42. The number of amides is 4. The number of likely N-dealkylation sites (tertiary alicyclic amines) is 1. The maximum atomic E-state index is 13.0. The van der Waals surface area contributed by atoms with Gasteiger partial charge in [0.1, 0.15) is 6.04 Å². The number of carbonyl (C=O) groups excluding carboxylic acids is 3. The van der Waals surface area contributed by atoms with Gasteiger partial charge in [-0.2, -0.15) is 0 Å². The summed E-state index contributed by atoms with van der Waals surface area (Å²) < 4.78 is 12.5. The second-order valence-corrected chi connectivity index (χ2v) is 9.65. The van der Waals surface area contributed by atoms with Gasteiger partial charge in [0, 0.05) is 43.7 Å². The fourth-order valence-electron chi connectivity index (χ4n) is 5.67. The van der Waals surface area contributed by atoms with Crippen molar-refractivity contribution < 1.29 is 23.9 Å². The predicted molar refractivity (Wildman–Crippen MR) is 123 cm³/mol. The average molecular weight is 479 g/mol. The van der Waals surface area contributed by atoms with E-state index >= 15 is 0 Å². The molecule has 1 aromatic carbocycles. The first-order chi connectivity index (χ1) is 17.0. The summed E-state index contributed by atoms with van der Waals surface area (Å²) in [6, 6.07) is 9.47. The second kappa shape index (κ2) is 8.44. The van der Waals surface area contributed by atoms with Gasteiger partial charge < -0.3 is 24.3 Å². The number of benzene rings is 1. The third kappa shape index (κ3) is 3.92. The van der Waals surface area contributed by atoms with E-state index in [-0.39, 0.29) is 55.4 Å². The maximum absolute atomic E-state index is 13.0. The summed E-state index contributed by atoms with van der Waals surface area (Å²) in [5, 5.41) is 2.72. The molecule has 0 radical (unpaired) electrons. The van der Waals surface area contributed by atoms with Crippen molar-refractivity contribution in [1.82, 2.24) is 19.7 Å². The lowest BCUT2D eigenvalue weighted by Gasteiger charge is -2.42. The molecule has 5 heterocycles. The van der Waals surface area contributed by atoms with Crippen molar-refractivity contribution in [2.24, 2.45) is 5.92 Å². The smallest absolute Gasteiger partial charge is 0.325 e. The molecule has 0 unspecified atom stereocenters. The van der Waals surface area contributed by atoms with Crippen molar-refractivity contribution in [2.45, 2.75) is 44.3 Å². The zero-order chi connectivity index (χ0) is 24.1. The largest absolute Gasteiger partial charge is 0.454 e. The van der Waals surface area contributed by atoms with Crippen molar-refractivity contribution in [3.05, 3.63) is 58.0 Å². The van der Waals surface area contributed by atoms with Crippen LogP contribution in [0.2, 0.25) is 0 Å². The first kappa shape index (κ1) is 21.7. The molecular weight excluding hydrogens is 452 g/mol. The molecule has 1 N–H and O–H groups in total. The zero-order valence-corrected chi connectivity index (χ0v) is 19.1. The van der Waals surface area contributed by atoms with E-state index in [4.69, 9.17) is 9.47 Å². The molecule has 4 amide bonds. The van der Waals surface area contributed by atoms with Gasteiger partial charge in [0.2, 0.25) is 12.7 Å². The number of piperidine rings is 1. The summed E-state index contributed by atoms with van der Waals surface area (Å²) in [4.78, 5) is 53.6. The zero-order valence-electron chi connectivity index (χ0n) is 19.1. The molecule has 0 spiro atoms. The van der Waals surface area contributed by atoms with Gasteiger partial charge in [0.25, 0.3) is 11.5 Å². The van der Waals surface area contributed by atoms with Crippen LogP contribution in [0.5, 0.6) is 11.5 Å². The highest BCUT2D eigenvalue weighted by molar-refractivity contribution is 6.04. The normalized spacial score (nSPS) is 24.4. The minimum atomic E-state index is -0.718. The molecule has 35 heavy (non-hydrogen) atoms. The molecule has 10 nitrogen and oxygen atoms in total. The van der Waals surface area contributed by atoms with E-state index in [1.165, 1.54) is 4.90 Å². The highest BCUT2D eigenvalue weighted by Crippen LogP contribution is 2.35. The lowest BCUT2D eigenvalue weighted by atomic mass is 9.83. The van der Waals surface area contributed by atoms with Crippen molar-refractivity contribution in [3.8, 4) is 11.5 Å². The van der Waals surface area contributed by atoms with Gasteiger partial charge in [0.05, 0.1) is 6.54 Å². The maximum Gasteiger partial charge on any atom is 0.325 e. The molecule has 0 aliphatic carbocycles. The summed E-state index contributed by atoms with van der Waals surface area (Å²) in [5.41, 5.74) is 1.76. The van der Waals surface area contributed by atoms with E-state index in [0.717, 1.165) is 17.7 Å². The summed E-state index contributed by atoms with van der Waals surface area (Å²) in [5.74, 6) is 1.27. The van der Waals surface area contributed by atoms with Crippen molar-refractivity contribution in [3.63, 3.8) is 0 Å². The molecule has 6 rings (SSSR count). The monoisotopic (exact) mass is 478 g/mol. The van der Waals surface area contributed by atoms with E-state index in [0.29, 0.717) is 31.1 Å². The Kier molecular flexibility index (Phi) is 5.23. The summed E-state index contributed by atoms with van der Waals surface area (Å²) >= 11 is 0. The standard InChI is InChI=1S/C25H26N4O6/c30-22(27-10-16-8-17(13-27)19-2-1-3-23(31)28(19)12-16)7-5-18-24(32)29(25(33)26-18)11-15-4-6-20-21(9-15)35-14-34-20/h1-4,6,9,16-18H,5,7-8,10-14H2,(H,26,33)/t16-,17+,18-/m0/s1. The molecule has 10 heteroatoms. The molecular formula is C25H26N4O6. The fourth-order valence-corrected chi connectivity index (χ4v) is 5.67. The van der Waals surface area contributed by atoms with Crippen LogP contribution < -0.4 is 20.3 Å². The van der Waals surface area contributed by atoms with Crippen LogP contribution in [-0.2, 0) is 22.7 Å². The SMILES string of the molecule is O=C(CC[C@@H]1NC(=O)N(Cc2ccc3c(c2)OCO3)C1=O)N1C[C@@H]2C[C@H](C1)c1cccc(=O)n1C2. The van der Waals surface area contributed by atoms with E-state index in [9.17, 15) is 19.2 Å². The molecule has 0 saturated carbocycles. The number of urea groups is 1. The molecule has 2 aromatic rings. The molecule has 3 atom stereocenters. The number of rotatable bonds is 5. The first-order valence-corrected chi connectivity index (χ1v) is 11.9.